The molecule has 0 aromatic heterocycles. The van der Waals surface area contributed by atoms with Gasteiger partial charge in [0.2, 0.25) is 23.6 Å². The van der Waals surface area contributed by atoms with Crippen LogP contribution in [0, 0.1) is 5.92 Å². The molecular formula is C26H42N8O6S. The van der Waals surface area contributed by atoms with Gasteiger partial charge < -0.3 is 43.6 Å². The van der Waals surface area contributed by atoms with Gasteiger partial charge in [0.25, 0.3) is 0 Å². The minimum Gasteiger partial charge on any atom is -0.480 e. The highest BCUT2D eigenvalue weighted by Gasteiger charge is 2.30. The van der Waals surface area contributed by atoms with E-state index in [9.17, 15) is 29.1 Å². The molecule has 0 unspecified atom stereocenters. The van der Waals surface area contributed by atoms with Gasteiger partial charge in [0, 0.05) is 12.3 Å². The van der Waals surface area contributed by atoms with Gasteiger partial charge in [-0.05, 0) is 30.7 Å². The Kier molecular flexibility index (Phi) is 15.9. The van der Waals surface area contributed by atoms with Crippen molar-refractivity contribution in [1.82, 2.24) is 21.3 Å². The van der Waals surface area contributed by atoms with Gasteiger partial charge in [-0.1, -0.05) is 50.6 Å². The molecular weight excluding hydrogens is 552 g/mol. The van der Waals surface area contributed by atoms with E-state index in [4.69, 9.17) is 17.2 Å². The number of amides is 4. The molecule has 1 rings (SSSR count). The van der Waals surface area contributed by atoms with Crippen molar-refractivity contribution >= 4 is 48.2 Å². The van der Waals surface area contributed by atoms with Crippen LogP contribution < -0.4 is 38.5 Å². The first-order valence-corrected chi connectivity index (χ1v) is 13.9. The van der Waals surface area contributed by atoms with Gasteiger partial charge in [0.05, 0.1) is 12.6 Å². The molecule has 11 N–H and O–H groups in total. The van der Waals surface area contributed by atoms with Gasteiger partial charge in [0.1, 0.15) is 18.1 Å². The fraction of sp³-hybridized carbons (Fsp3) is 0.538. The fourth-order valence-electron chi connectivity index (χ4n) is 3.67. The molecule has 5 atom stereocenters. The predicted molar refractivity (Wildman–Crippen MR) is 158 cm³/mol. The zero-order valence-corrected chi connectivity index (χ0v) is 24.2. The van der Waals surface area contributed by atoms with E-state index in [0.29, 0.717) is 12.8 Å². The molecule has 0 aliphatic heterocycles. The number of nitrogens with one attached hydrogen (secondary N) is 4. The Hall–Kier alpha value is -3.85. The molecule has 0 radical (unpaired) electrons. The SMILES string of the molecule is CC[C@H](C)[C@H](NC(=O)[C@H](CS)NC(=O)[C@@H](N)Cc1ccccc1)C(=O)NCC(=O)N[C@@H](CCCN=C(N)N)C(=O)O. The monoisotopic (exact) mass is 594 g/mol. The van der Waals surface area contributed by atoms with Crippen molar-refractivity contribution in [2.24, 2.45) is 28.1 Å². The van der Waals surface area contributed by atoms with Gasteiger partial charge in [-0.15, -0.1) is 0 Å². The Morgan fingerprint density at radius 1 is 0.976 bits per heavy atom. The largest absolute Gasteiger partial charge is 0.480 e. The van der Waals surface area contributed by atoms with Gasteiger partial charge in [-0.2, -0.15) is 12.6 Å². The van der Waals surface area contributed by atoms with Crippen LogP contribution in [-0.2, 0) is 30.4 Å². The molecule has 228 valence electrons. The highest BCUT2D eigenvalue weighted by Crippen LogP contribution is 2.09. The maximum atomic E-state index is 13.0. The number of guanidine groups is 1. The third-order valence-corrected chi connectivity index (χ3v) is 6.61. The maximum absolute atomic E-state index is 13.0. The second-order valence-electron chi connectivity index (χ2n) is 9.54. The Labute approximate surface area is 245 Å². The number of aliphatic imine (C=N–C) groups is 1. The first kappa shape index (κ1) is 35.2. The Bertz CT molecular complexity index is 1050. The Morgan fingerprint density at radius 3 is 2.20 bits per heavy atom. The highest BCUT2D eigenvalue weighted by atomic mass is 32.1. The van der Waals surface area contributed by atoms with E-state index in [0.717, 1.165) is 5.56 Å². The van der Waals surface area contributed by atoms with Crippen LogP contribution >= 0.6 is 12.6 Å². The number of carbonyl (C=O) groups is 5. The zero-order chi connectivity index (χ0) is 30.9. The van der Waals surface area contributed by atoms with Crippen molar-refractivity contribution in [3.8, 4) is 0 Å². The lowest BCUT2D eigenvalue weighted by molar-refractivity contribution is -0.142. The summed E-state index contributed by atoms with van der Waals surface area (Å²) in [6, 6.07) is 4.97. The van der Waals surface area contributed by atoms with Crippen molar-refractivity contribution in [1.29, 1.82) is 0 Å². The second kappa shape index (κ2) is 18.5. The smallest absolute Gasteiger partial charge is 0.326 e. The first-order chi connectivity index (χ1) is 19.4. The van der Waals surface area contributed by atoms with Crippen LogP contribution in [0.1, 0.15) is 38.7 Å². The molecule has 1 aromatic rings. The van der Waals surface area contributed by atoms with Gasteiger partial charge in [-0.3, -0.25) is 24.2 Å². The van der Waals surface area contributed by atoms with Crippen molar-refractivity contribution in [2.75, 3.05) is 18.8 Å². The molecule has 0 saturated heterocycles. The molecule has 15 heteroatoms. The molecule has 0 heterocycles. The third-order valence-electron chi connectivity index (χ3n) is 6.25. The summed E-state index contributed by atoms with van der Waals surface area (Å²) in [5.74, 6) is -4.31. The van der Waals surface area contributed by atoms with Crippen LogP contribution in [-0.4, -0.2) is 83.7 Å². The van der Waals surface area contributed by atoms with Crippen LogP contribution in [0.3, 0.4) is 0 Å². The van der Waals surface area contributed by atoms with E-state index in [2.05, 4.69) is 38.9 Å². The summed E-state index contributed by atoms with van der Waals surface area (Å²) in [5.41, 5.74) is 17.3. The van der Waals surface area contributed by atoms with Crippen molar-refractivity contribution in [2.45, 2.75) is 63.7 Å². The number of aliphatic carboxylic acids is 1. The molecule has 41 heavy (non-hydrogen) atoms. The minimum absolute atomic E-state index is 0.0490. The summed E-state index contributed by atoms with van der Waals surface area (Å²) >= 11 is 4.17. The second-order valence-corrected chi connectivity index (χ2v) is 9.90. The number of thiol groups is 1. The Balaban J connectivity index is 2.72. The molecule has 4 amide bonds. The quantitative estimate of drug-likeness (QED) is 0.0404. The number of benzene rings is 1. The molecule has 0 aliphatic rings. The van der Waals surface area contributed by atoms with Crippen LogP contribution in [0.15, 0.2) is 35.3 Å². The minimum atomic E-state index is -1.25. The molecule has 0 aliphatic carbocycles. The summed E-state index contributed by atoms with van der Waals surface area (Å²) in [5, 5.41) is 19.3. The molecule has 0 fully saturated rings. The fourth-order valence-corrected chi connectivity index (χ4v) is 3.93. The van der Waals surface area contributed by atoms with Crippen LogP contribution in [0.2, 0.25) is 0 Å². The third kappa shape index (κ3) is 13.4. The summed E-state index contributed by atoms with van der Waals surface area (Å²) in [4.78, 5) is 66.1. The number of carbonyl (C=O) groups excluding carboxylic acids is 4. The summed E-state index contributed by atoms with van der Waals surface area (Å²) in [7, 11) is 0. The summed E-state index contributed by atoms with van der Waals surface area (Å²) < 4.78 is 0. The number of hydrogen-bond acceptors (Lipinski definition) is 8. The molecule has 0 bridgehead atoms. The van der Waals surface area contributed by atoms with Gasteiger partial charge in [0.15, 0.2) is 5.96 Å². The predicted octanol–water partition coefficient (Wildman–Crippen LogP) is -1.76. The van der Waals surface area contributed by atoms with E-state index < -0.39 is 60.3 Å². The van der Waals surface area contributed by atoms with E-state index in [1.807, 2.05) is 37.3 Å². The lowest BCUT2D eigenvalue weighted by atomic mass is 9.98. The number of nitrogens with zero attached hydrogens (tertiary/aromatic N) is 1. The summed E-state index contributed by atoms with van der Waals surface area (Å²) in [6.07, 6.45) is 1.17. The van der Waals surface area contributed by atoms with Gasteiger partial charge >= 0.3 is 5.97 Å². The van der Waals surface area contributed by atoms with E-state index in [1.54, 1.807) is 6.92 Å². The average Bonchev–Trinajstić information content (AvgIpc) is 2.94. The van der Waals surface area contributed by atoms with E-state index in [1.165, 1.54) is 0 Å². The van der Waals surface area contributed by atoms with Crippen LogP contribution in [0.4, 0.5) is 0 Å². The van der Waals surface area contributed by atoms with Crippen molar-refractivity contribution in [3.05, 3.63) is 35.9 Å². The lowest BCUT2D eigenvalue weighted by Gasteiger charge is -2.26. The lowest BCUT2D eigenvalue weighted by Crippen LogP contribution is -2.58. The Morgan fingerprint density at radius 2 is 1.63 bits per heavy atom. The maximum Gasteiger partial charge on any atom is 0.326 e. The van der Waals surface area contributed by atoms with Crippen LogP contribution in [0.5, 0.6) is 0 Å². The number of carboxylic acid groups (broad SMARTS) is 1. The molecule has 1 aromatic carbocycles. The van der Waals surface area contributed by atoms with Gasteiger partial charge in [-0.25, -0.2) is 4.79 Å². The molecule has 14 nitrogen and oxygen atoms in total. The topological polar surface area (TPSA) is 244 Å². The number of carboxylic acids is 1. The van der Waals surface area contributed by atoms with Crippen molar-refractivity contribution in [3.63, 3.8) is 0 Å². The average molecular weight is 595 g/mol. The molecule has 0 saturated carbocycles. The first-order valence-electron chi connectivity index (χ1n) is 13.3. The zero-order valence-electron chi connectivity index (χ0n) is 23.3. The number of rotatable bonds is 18. The number of nitrogens with two attached hydrogens (primary N) is 3. The highest BCUT2D eigenvalue weighted by molar-refractivity contribution is 7.80. The van der Waals surface area contributed by atoms with E-state index >= 15 is 0 Å². The normalized spacial score (nSPS) is 14.3. The van der Waals surface area contributed by atoms with E-state index in [-0.39, 0.29) is 37.0 Å². The standard InChI is InChI=1S/C26H42N8O6S/c1-3-15(2)21(24(38)31-13-20(35)32-18(25(39)40)10-7-11-30-26(28)29)34-23(37)19(14-41)33-22(36)17(27)12-16-8-5-4-6-9-16/h4-6,8-9,15,17-19,21,41H,3,7,10-14,27H2,1-2H3,(H,31,38)(H,32,35)(H,33,36)(H,34,37)(H,39,40)(H4,28,29,30)/t15-,17-,18-,19-,21-/m0/s1. The van der Waals surface area contributed by atoms with Crippen LogP contribution in [0.25, 0.3) is 0 Å². The number of hydrogen-bond donors (Lipinski definition) is 9. The molecule has 0 spiro atoms. The summed E-state index contributed by atoms with van der Waals surface area (Å²) in [6.45, 7) is 3.25. The van der Waals surface area contributed by atoms with Crippen molar-refractivity contribution < 1.29 is 29.1 Å².